The number of nitrogens with zero attached hydrogens (tertiary/aromatic N) is 2. The molecule has 21 heavy (non-hydrogen) atoms. The van der Waals surface area contributed by atoms with E-state index in [-0.39, 0.29) is 16.5 Å². The predicted octanol–water partition coefficient (Wildman–Crippen LogP) is 5.19. The molecule has 0 unspecified atom stereocenters. The first-order chi connectivity index (χ1) is 9.99. The van der Waals surface area contributed by atoms with Crippen LogP contribution in [0, 0.1) is 18.6 Å². The van der Waals surface area contributed by atoms with Crippen LogP contribution < -0.4 is 0 Å². The van der Waals surface area contributed by atoms with Crippen LogP contribution in [0.15, 0.2) is 30.3 Å². The molecular weight excluding hydrogens is 317 g/mol. The standard InChI is InChI=1S/C15H8Cl2F2N2/c1-7-5-6-9(16)11-13(7)20-15(21-14(11)17)8-3-2-4-10(18)12(8)19/h2-6H,1H3. The molecule has 106 valence electrons. The highest BCUT2D eigenvalue weighted by molar-refractivity contribution is 6.41. The van der Waals surface area contributed by atoms with Crippen LogP contribution in [-0.2, 0) is 0 Å². The van der Waals surface area contributed by atoms with Gasteiger partial charge in [-0.15, -0.1) is 0 Å². The zero-order chi connectivity index (χ0) is 15.1. The fourth-order valence-electron chi connectivity index (χ4n) is 2.09. The molecular formula is C15H8Cl2F2N2. The van der Waals surface area contributed by atoms with Gasteiger partial charge in [0.05, 0.1) is 21.5 Å². The second-order valence-electron chi connectivity index (χ2n) is 4.53. The van der Waals surface area contributed by atoms with Crippen molar-refractivity contribution in [3.8, 4) is 11.4 Å². The molecule has 0 fully saturated rings. The number of fused-ring (bicyclic) bond motifs is 1. The van der Waals surface area contributed by atoms with Crippen LogP contribution in [-0.4, -0.2) is 9.97 Å². The molecule has 0 N–H and O–H groups in total. The molecule has 0 spiro atoms. The van der Waals surface area contributed by atoms with E-state index in [1.807, 2.05) is 6.92 Å². The largest absolute Gasteiger partial charge is 0.227 e. The van der Waals surface area contributed by atoms with Crippen molar-refractivity contribution >= 4 is 34.1 Å². The summed E-state index contributed by atoms with van der Waals surface area (Å²) in [6.45, 7) is 1.83. The summed E-state index contributed by atoms with van der Waals surface area (Å²) < 4.78 is 27.2. The highest BCUT2D eigenvalue weighted by atomic mass is 35.5. The van der Waals surface area contributed by atoms with Crippen LogP contribution in [0.1, 0.15) is 5.56 Å². The molecule has 0 saturated heterocycles. The normalized spacial score (nSPS) is 11.1. The summed E-state index contributed by atoms with van der Waals surface area (Å²) in [4.78, 5) is 8.32. The molecule has 2 aromatic carbocycles. The lowest BCUT2D eigenvalue weighted by atomic mass is 10.1. The van der Waals surface area contributed by atoms with Crippen molar-refractivity contribution in [3.63, 3.8) is 0 Å². The van der Waals surface area contributed by atoms with E-state index in [2.05, 4.69) is 9.97 Å². The molecule has 3 aromatic rings. The van der Waals surface area contributed by atoms with Crippen molar-refractivity contribution in [3.05, 3.63) is 57.7 Å². The van der Waals surface area contributed by atoms with Gasteiger partial charge in [0.15, 0.2) is 17.5 Å². The van der Waals surface area contributed by atoms with Crippen LogP contribution in [0.3, 0.4) is 0 Å². The van der Waals surface area contributed by atoms with Crippen LogP contribution in [0.25, 0.3) is 22.3 Å². The molecule has 0 saturated carbocycles. The Morgan fingerprint density at radius 2 is 1.76 bits per heavy atom. The first-order valence-corrected chi connectivity index (χ1v) is 6.81. The van der Waals surface area contributed by atoms with Gasteiger partial charge in [0.2, 0.25) is 0 Å². The van der Waals surface area contributed by atoms with Crippen molar-refractivity contribution in [1.29, 1.82) is 0 Å². The van der Waals surface area contributed by atoms with E-state index >= 15 is 0 Å². The first-order valence-electron chi connectivity index (χ1n) is 6.06. The van der Waals surface area contributed by atoms with Crippen LogP contribution in [0.2, 0.25) is 10.2 Å². The highest BCUT2D eigenvalue weighted by Gasteiger charge is 2.16. The molecule has 2 nitrogen and oxygen atoms in total. The summed E-state index contributed by atoms with van der Waals surface area (Å²) >= 11 is 12.2. The second kappa shape index (κ2) is 5.20. The van der Waals surface area contributed by atoms with Gasteiger partial charge in [0.25, 0.3) is 0 Å². The van der Waals surface area contributed by atoms with Crippen molar-refractivity contribution in [1.82, 2.24) is 9.97 Å². The summed E-state index contributed by atoms with van der Waals surface area (Å²) in [7, 11) is 0. The van der Waals surface area contributed by atoms with Crippen molar-refractivity contribution in [2.45, 2.75) is 6.92 Å². The molecule has 1 heterocycles. The van der Waals surface area contributed by atoms with Crippen molar-refractivity contribution in [2.24, 2.45) is 0 Å². The van der Waals surface area contributed by atoms with Gasteiger partial charge in [-0.05, 0) is 30.7 Å². The fourth-order valence-corrected chi connectivity index (χ4v) is 2.65. The van der Waals surface area contributed by atoms with E-state index in [0.29, 0.717) is 15.9 Å². The summed E-state index contributed by atoms with van der Waals surface area (Å²) in [5.41, 5.74) is 1.29. The maximum absolute atomic E-state index is 13.9. The Morgan fingerprint density at radius 3 is 2.52 bits per heavy atom. The third-order valence-electron chi connectivity index (χ3n) is 3.15. The summed E-state index contributed by atoms with van der Waals surface area (Å²) in [6.07, 6.45) is 0. The minimum atomic E-state index is -1.01. The molecule has 0 aliphatic carbocycles. The fraction of sp³-hybridized carbons (Fsp3) is 0.0667. The molecule has 1 aromatic heterocycles. The van der Waals surface area contributed by atoms with E-state index in [9.17, 15) is 8.78 Å². The lowest BCUT2D eigenvalue weighted by Gasteiger charge is -2.09. The molecule has 0 radical (unpaired) electrons. The van der Waals surface area contributed by atoms with Gasteiger partial charge in [-0.1, -0.05) is 35.3 Å². The Bertz CT molecular complexity index is 866. The SMILES string of the molecule is Cc1ccc(Cl)c2c(Cl)nc(-c3cccc(F)c3F)nc12. The molecule has 3 rings (SSSR count). The minimum absolute atomic E-state index is 0.0230. The Hall–Kier alpha value is -1.78. The van der Waals surface area contributed by atoms with Gasteiger partial charge in [-0.2, -0.15) is 0 Å². The van der Waals surface area contributed by atoms with E-state index in [1.165, 1.54) is 12.1 Å². The molecule has 0 aliphatic heterocycles. The van der Waals surface area contributed by atoms with Gasteiger partial charge in [-0.3, -0.25) is 0 Å². The van der Waals surface area contributed by atoms with Gasteiger partial charge in [0.1, 0.15) is 5.15 Å². The maximum atomic E-state index is 13.9. The number of benzene rings is 2. The zero-order valence-electron chi connectivity index (χ0n) is 10.8. The predicted molar refractivity (Wildman–Crippen MR) is 79.6 cm³/mol. The number of rotatable bonds is 1. The Balaban J connectivity index is 2.36. The Labute approximate surface area is 129 Å². The van der Waals surface area contributed by atoms with Gasteiger partial charge in [0, 0.05) is 0 Å². The van der Waals surface area contributed by atoms with Gasteiger partial charge >= 0.3 is 0 Å². The summed E-state index contributed by atoms with van der Waals surface area (Å²) in [6, 6.07) is 7.29. The Morgan fingerprint density at radius 1 is 1.00 bits per heavy atom. The lowest BCUT2D eigenvalue weighted by Crippen LogP contribution is -1.97. The highest BCUT2D eigenvalue weighted by Crippen LogP contribution is 2.32. The topological polar surface area (TPSA) is 25.8 Å². The quantitative estimate of drug-likeness (QED) is 0.575. The molecule has 0 bridgehead atoms. The van der Waals surface area contributed by atoms with Crippen molar-refractivity contribution in [2.75, 3.05) is 0 Å². The third kappa shape index (κ3) is 2.34. The molecule has 0 amide bonds. The second-order valence-corrected chi connectivity index (χ2v) is 5.29. The minimum Gasteiger partial charge on any atom is -0.227 e. The van der Waals surface area contributed by atoms with Crippen molar-refractivity contribution < 1.29 is 8.78 Å². The average Bonchev–Trinajstić information content (AvgIpc) is 2.45. The molecule has 0 aliphatic rings. The summed E-state index contributed by atoms with van der Waals surface area (Å²) in [5, 5.41) is 1.01. The van der Waals surface area contributed by atoms with E-state index in [1.54, 1.807) is 12.1 Å². The smallest absolute Gasteiger partial charge is 0.169 e. The van der Waals surface area contributed by atoms with E-state index < -0.39 is 11.6 Å². The van der Waals surface area contributed by atoms with Crippen LogP contribution in [0.5, 0.6) is 0 Å². The van der Waals surface area contributed by atoms with Gasteiger partial charge in [-0.25, -0.2) is 18.7 Å². The number of aryl methyl sites for hydroxylation is 1. The maximum Gasteiger partial charge on any atom is 0.169 e. The molecule has 6 heteroatoms. The number of halogens is 4. The number of hydrogen-bond donors (Lipinski definition) is 0. The number of aromatic nitrogens is 2. The summed E-state index contributed by atoms with van der Waals surface area (Å²) in [5.74, 6) is -1.95. The van der Waals surface area contributed by atoms with Gasteiger partial charge < -0.3 is 0 Å². The zero-order valence-corrected chi connectivity index (χ0v) is 12.3. The first kappa shape index (κ1) is 14.2. The Kier molecular flexibility index (Phi) is 3.51. The van der Waals surface area contributed by atoms with Crippen LogP contribution >= 0.6 is 23.2 Å². The molecule has 0 atom stereocenters. The lowest BCUT2D eigenvalue weighted by molar-refractivity contribution is 0.510. The van der Waals surface area contributed by atoms with Crippen LogP contribution in [0.4, 0.5) is 8.78 Å². The third-order valence-corrected chi connectivity index (χ3v) is 3.74. The monoisotopic (exact) mass is 324 g/mol. The van der Waals surface area contributed by atoms with E-state index in [0.717, 1.165) is 11.6 Å². The average molecular weight is 325 g/mol. The van der Waals surface area contributed by atoms with E-state index in [4.69, 9.17) is 23.2 Å². The number of hydrogen-bond acceptors (Lipinski definition) is 2.